The molecule has 0 fully saturated rings. The molecule has 3 aromatic rings. The number of carbonyl (C=O) groups excluding carboxylic acids is 1. The molecule has 9 nitrogen and oxygen atoms in total. The van der Waals surface area contributed by atoms with E-state index in [0.29, 0.717) is 19.5 Å². The number of aromatic amines is 1. The Bertz CT molecular complexity index is 1000. The molecule has 0 spiro atoms. The predicted octanol–water partition coefficient (Wildman–Crippen LogP) is 0.508. The number of amides is 1. The molecule has 1 atom stereocenters. The van der Waals surface area contributed by atoms with Gasteiger partial charge in [-0.25, -0.2) is 9.48 Å². The monoisotopic (exact) mass is 353 g/mol. The third-order valence-electron chi connectivity index (χ3n) is 4.56. The maximum absolute atomic E-state index is 12.6. The third kappa shape index (κ3) is 2.81. The molecule has 1 N–H and O–H groups in total. The van der Waals surface area contributed by atoms with Crippen LogP contribution >= 0.6 is 0 Å². The number of rotatable bonds is 3. The molecule has 0 radical (unpaired) electrons. The normalized spacial score (nSPS) is 16.5. The predicted molar refractivity (Wildman–Crippen MR) is 92.6 cm³/mol. The molecule has 1 aliphatic heterocycles. The van der Waals surface area contributed by atoms with Gasteiger partial charge in [-0.15, -0.1) is 15.3 Å². The van der Waals surface area contributed by atoms with Gasteiger partial charge in [-0.05, 0) is 12.5 Å². The van der Waals surface area contributed by atoms with Crippen LogP contribution in [0.4, 0.5) is 0 Å². The van der Waals surface area contributed by atoms with Crippen molar-refractivity contribution >= 4 is 5.91 Å². The number of nitrogens with one attached hydrogen (secondary N) is 1. The average Bonchev–Trinajstić information content (AvgIpc) is 3.19. The zero-order valence-corrected chi connectivity index (χ0v) is 14.6. The van der Waals surface area contributed by atoms with Crippen molar-refractivity contribution in [3.63, 3.8) is 0 Å². The maximum Gasteiger partial charge on any atom is 0.343 e. The fourth-order valence-corrected chi connectivity index (χ4v) is 3.32. The first-order valence-electron chi connectivity index (χ1n) is 8.42. The molecule has 1 aliphatic rings. The molecule has 1 amide bonds. The molecule has 3 heterocycles. The van der Waals surface area contributed by atoms with Crippen LogP contribution in [0.5, 0.6) is 0 Å². The molecule has 134 valence electrons. The van der Waals surface area contributed by atoms with Crippen LogP contribution in [0, 0.1) is 0 Å². The molecule has 0 bridgehead atoms. The Morgan fingerprint density at radius 3 is 2.73 bits per heavy atom. The summed E-state index contributed by atoms with van der Waals surface area (Å²) in [6, 6.07) is 10.1. The molecule has 26 heavy (non-hydrogen) atoms. The third-order valence-corrected chi connectivity index (χ3v) is 4.56. The first kappa shape index (κ1) is 16.2. The van der Waals surface area contributed by atoms with E-state index >= 15 is 0 Å². The Balaban J connectivity index is 1.58. The Labute approximate surface area is 149 Å². The number of carbonyl (C=O) groups is 1. The highest BCUT2D eigenvalue weighted by atomic mass is 16.2. The number of H-pyrrole nitrogens is 1. The van der Waals surface area contributed by atoms with Crippen LogP contribution < -0.4 is 5.69 Å². The second-order valence-electron chi connectivity index (χ2n) is 6.50. The Hall–Kier alpha value is -3.23. The van der Waals surface area contributed by atoms with Crippen molar-refractivity contribution < 1.29 is 4.79 Å². The Kier molecular flexibility index (Phi) is 3.90. The fraction of sp³-hybridized carbons (Fsp3) is 0.353. The minimum atomic E-state index is -0.410. The number of aryl methyl sites for hydroxylation is 1. The van der Waals surface area contributed by atoms with E-state index in [4.69, 9.17) is 0 Å². The SMILES string of the molecule is C[C@H]1CN(C(=O)c2nn(C)c(=O)[nH]2)Cc2nnc(Cc3ccccc3)n21. The zero-order chi connectivity index (χ0) is 18.3. The van der Waals surface area contributed by atoms with E-state index in [1.165, 1.54) is 12.6 Å². The molecule has 0 saturated carbocycles. The lowest BCUT2D eigenvalue weighted by Gasteiger charge is -2.32. The second kappa shape index (κ2) is 6.25. The summed E-state index contributed by atoms with van der Waals surface area (Å²) >= 11 is 0. The largest absolute Gasteiger partial charge is 0.343 e. The molecule has 0 saturated heterocycles. The van der Waals surface area contributed by atoms with E-state index in [-0.39, 0.29) is 17.8 Å². The summed E-state index contributed by atoms with van der Waals surface area (Å²) in [6.07, 6.45) is 0.694. The van der Waals surface area contributed by atoms with Gasteiger partial charge in [0.05, 0.1) is 12.6 Å². The highest BCUT2D eigenvalue weighted by molar-refractivity contribution is 5.90. The van der Waals surface area contributed by atoms with Crippen molar-refractivity contribution in [2.75, 3.05) is 6.54 Å². The van der Waals surface area contributed by atoms with Gasteiger partial charge in [0.1, 0.15) is 5.82 Å². The molecule has 1 aromatic carbocycles. The summed E-state index contributed by atoms with van der Waals surface area (Å²) in [5.41, 5.74) is 0.756. The van der Waals surface area contributed by atoms with Crippen LogP contribution in [0.2, 0.25) is 0 Å². The van der Waals surface area contributed by atoms with Gasteiger partial charge in [-0.3, -0.25) is 9.78 Å². The number of fused-ring (bicyclic) bond motifs is 1. The van der Waals surface area contributed by atoms with Gasteiger partial charge >= 0.3 is 5.69 Å². The Morgan fingerprint density at radius 1 is 1.27 bits per heavy atom. The molecule has 0 aliphatic carbocycles. The highest BCUT2D eigenvalue weighted by Gasteiger charge is 2.31. The number of hydrogen-bond donors (Lipinski definition) is 1. The second-order valence-corrected chi connectivity index (χ2v) is 6.50. The molecule has 9 heteroatoms. The summed E-state index contributed by atoms with van der Waals surface area (Å²) < 4.78 is 3.21. The van der Waals surface area contributed by atoms with E-state index in [1.807, 2.05) is 25.1 Å². The lowest BCUT2D eigenvalue weighted by atomic mass is 10.1. The van der Waals surface area contributed by atoms with Crippen LogP contribution in [0.1, 0.15) is 40.8 Å². The molecule has 0 unspecified atom stereocenters. The minimum Gasteiger partial charge on any atom is -0.326 e. The van der Waals surface area contributed by atoms with Gasteiger partial charge in [0, 0.05) is 20.0 Å². The fourth-order valence-electron chi connectivity index (χ4n) is 3.32. The summed E-state index contributed by atoms with van der Waals surface area (Å²) in [5, 5.41) is 12.5. The lowest BCUT2D eigenvalue weighted by molar-refractivity contribution is 0.0667. The first-order chi connectivity index (χ1) is 12.5. The topological polar surface area (TPSA) is 102 Å². The van der Waals surface area contributed by atoms with E-state index < -0.39 is 5.69 Å². The van der Waals surface area contributed by atoms with Gasteiger partial charge < -0.3 is 9.47 Å². The summed E-state index contributed by atoms with van der Waals surface area (Å²) in [6.45, 7) is 2.87. The van der Waals surface area contributed by atoms with Crippen molar-refractivity contribution in [1.29, 1.82) is 0 Å². The molecular weight excluding hydrogens is 334 g/mol. The standard InChI is InChI=1S/C17H19N7O2/c1-11-9-23(16(25)15-18-17(26)22(2)21-15)10-14-20-19-13(24(11)14)8-12-6-4-3-5-7-12/h3-7,11H,8-10H2,1-2H3,(H,18,21,26)/t11-/m0/s1. The Morgan fingerprint density at radius 2 is 2.04 bits per heavy atom. The van der Waals surface area contributed by atoms with Crippen LogP contribution in [-0.4, -0.2) is 46.9 Å². The van der Waals surface area contributed by atoms with Crippen LogP contribution in [0.15, 0.2) is 35.1 Å². The van der Waals surface area contributed by atoms with Crippen molar-refractivity contribution in [3.8, 4) is 0 Å². The van der Waals surface area contributed by atoms with Crippen molar-refractivity contribution in [2.45, 2.75) is 25.9 Å². The summed E-state index contributed by atoms with van der Waals surface area (Å²) in [4.78, 5) is 28.3. The van der Waals surface area contributed by atoms with E-state index in [9.17, 15) is 9.59 Å². The van der Waals surface area contributed by atoms with Gasteiger partial charge in [-0.1, -0.05) is 30.3 Å². The smallest absolute Gasteiger partial charge is 0.326 e. The van der Waals surface area contributed by atoms with Gasteiger partial charge in [-0.2, -0.15) is 0 Å². The summed E-state index contributed by atoms with van der Waals surface area (Å²) in [7, 11) is 1.50. The lowest BCUT2D eigenvalue weighted by Crippen LogP contribution is -2.41. The molecular formula is C17H19N7O2. The van der Waals surface area contributed by atoms with Crippen molar-refractivity contribution in [3.05, 3.63) is 63.9 Å². The maximum atomic E-state index is 12.6. The van der Waals surface area contributed by atoms with Crippen LogP contribution in [0.25, 0.3) is 0 Å². The average molecular weight is 353 g/mol. The zero-order valence-electron chi connectivity index (χ0n) is 14.6. The van der Waals surface area contributed by atoms with Gasteiger partial charge in [0.2, 0.25) is 5.82 Å². The number of hydrogen-bond acceptors (Lipinski definition) is 5. The van der Waals surface area contributed by atoms with Gasteiger partial charge in [0.15, 0.2) is 5.82 Å². The number of aromatic nitrogens is 6. The quantitative estimate of drug-likeness (QED) is 0.739. The summed E-state index contributed by atoms with van der Waals surface area (Å²) in [5.74, 6) is 1.36. The van der Waals surface area contributed by atoms with E-state index in [2.05, 4.69) is 37.0 Å². The van der Waals surface area contributed by atoms with E-state index in [1.54, 1.807) is 4.90 Å². The van der Waals surface area contributed by atoms with E-state index in [0.717, 1.165) is 16.3 Å². The van der Waals surface area contributed by atoms with Crippen molar-refractivity contribution in [2.24, 2.45) is 7.05 Å². The van der Waals surface area contributed by atoms with Crippen molar-refractivity contribution in [1.82, 2.24) is 34.4 Å². The highest BCUT2D eigenvalue weighted by Crippen LogP contribution is 2.23. The number of nitrogens with zero attached hydrogens (tertiary/aromatic N) is 6. The minimum absolute atomic E-state index is 0.0341. The van der Waals surface area contributed by atoms with Crippen LogP contribution in [-0.2, 0) is 20.0 Å². The molecule has 2 aromatic heterocycles. The number of benzene rings is 1. The van der Waals surface area contributed by atoms with Crippen LogP contribution in [0.3, 0.4) is 0 Å². The van der Waals surface area contributed by atoms with Gasteiger partial charge in [0.25, 0.3) is 5.91 Å². The first-order valence-corrected chi connectivity index (χ1v) is 8.42. The molecule has 4 rings (SSSR count).